The van der Waals surface area contributed by atoms with Crippen molar-refractivity contribution in [3.8, 4) is 0 Å². The lowest BCUT2D eigenvalue weighted by Gasteiger charge is -2.18. The normalized spacial score (nSPS) is 18.7. The number of carboxylic acids is 1. The van der Waals surface area contributed by atoms with E-state index in [1.807, 2.05) is 0 Å². The number of aliphatic hydroxyl groups is 1. The van der Waals surface area contributed by atoms with E-state index in [0.29, 0.717) is 36.7 Å². The third-order valence-corrected chi connectivity index (χ3v) is 5.04. The van der Waals surface area contributed by atoms with Gasteiger partial charge >= 0.3 is 5.97 Å². The molecule has 0 radical (unpaired) electrons. The second kappa shape index (κ2) is 9.02. The number of anilines is 1. The van der Waals surface area contributed by atoms with Gasteiger partial charge in [0.1, 0.15) is 11.7 Å². The maximum atomic E-state index is 11.7. The molecule has 0 saturated heterocycles. The van der Waals surface area contributed by atoms with E-state index in [2.05, 4.69) is 20.6 Å². The van der Waals surface area contributed by atoms with Crippen LogP contribution in [0.25, 0.3) is 0 Å². The zero-order chi connectivity index (χ0) is 17.5. The summed E-state index contributed by atoms with van der Waals surface area (Å²) in [6.45, 7) is 1.20. The van der Waals surface area contributed by atoms with E-state index in [4.69, 9.17) is 10.8 Å². The van der Waals surface area contributed by atoms with Crippen molar-refractivity contribution in [3.63, 3.8) is 0 Å². The molecule has 2 rings (SSSR count). The van der Waals surface area contributed by atoms with Gasteiger partial charge in [-0.2, -0.15) is 11.8 Å². The number of nitrogens with zero attached hydrogens (tertiary/aromatic N) is 1. The number of fused-ring (bicyclic) bond motifs is 1. The summed E-state index contributed by atoms with van der Waals surface area (Å²) in [6, 6.07) is -0.953. The van der Waals surface area contributed by atoms with Gasteiger partial charge in [0.15, 0.2) is 0 Å². The molecule has 134 valence electrons. The van der Waals surface area contributed by atoms with Gasteiger partial charge in [0.2, 0.25) is 0 Å². The van der Waals surface area contributed by atoms with Crippen molar-refractivity contribution in [1.82, 2.24) is 15.3 Å². The Kier molecular flexibility index (Phi) is 7.03. The van der Waals surface area contributed by atoms with Gasteiger partial charge < -0.3 is 31.6 Å². The average Bonchev–Trinajstić information content (AvgIpc) is 2.98. The molecule has 1 aromatic heterocycles. The van der Waals surface area contributed by atoms with E-state index >= 15 is 0 Å². The molecule has 0 saturated carbocycles. The molecule has 0 aromatic carbocycles. The summed E-state index contributed by atoms with van der Waals surface area (Å²) >= 11 is 1.55. The standard InChI is InChI=1S/C14H23N5O4S/c15-10(14(22)23)1-2-24-6-9(5-20)16-3-8-4-17-12-11(8)18-7-19-13(12)21/h7-10,16-17,20H,1-6,15H2,(H,22,23)(H,18,19,21)/t8?,9?,10-/m0/s1. The molecule has 1 aliphatic heterocycles. The third-order valence-electron chi connectivity index (χ3n) is 3.88. The van der Waals surface area contributed by atoms with Crippen LogP contribution in [-0.4, -0.2) is 69.4 Å². The molecule has 0 bridgehead atoms. The summed E-state index contributed by atoms with van der Waals surface area (Å²) in [5, 5.41) is 24.5. The van der Waals surface area contributed by atoms with E-state index in [9.17, 15) is 14.7 Å². The number of aromatic amines is 1. The number of aromatic nitrogens is 2. The van der Waals surface area contributed by atoms with Gasteiger partial charge in [-0.25, -0.2) is 4.98 Å². The highest BCUT2D eigenvalue weighted by atomic mass is 32.2. The molecule has 10 heteroatoms. The van der Waals surface area contributed by atoms with Crippen molar-refractivity contribution in [1.29, 1.82) is 0 Å². The molecule has 0 amide bonds. The number of thioether (sulfide) groups is 1. The Bertz CT molecular complexity index is 611. The van der Waals surface area contributed by atoms with Crippen molar-refractivity contribution >= 4 is 23.4 Å². The van der Waals surface area contributed by atoms with Crippen LogP contribution in [-0.2, 0) is 4.79 Å². The molecule has 24 heavy (non-hydrogen) atoms. The molecular weight excluding hydrogens is 334 g/mol. The number of carboxylic acid groups (broad SMARTS) is 1. The minimum Gasteiger partial charge on any atom is -0.480 e. The molecular formula is C14H23N5O4S. The average molecular weight is 357 g/mol. The van der Waals surface area contributed by atoms with E-state index in [0.717, 1.165) is 5.69 Å². The molecule has 0 aliphatic carbocycles. The number of carbonyl (C=O) groups is 1. The van der Waals surface area contributed by atoms with E-state index in [1.54, 1.807) is 11.8 Å². The molecule has 9 nitrogen and oxygen atoms in total. The van der Waals surface area contributed by atoms with Crippen LogP contribution < -0.4 is 21.9 Å². The summed E-state index contributed by atoms with van der Waals surface area (Å²) in [5.74, 6) is 0.346. The van der Waals surface area contributed by atoms with Crippen LogP contribution in [0.4, 0.5) is 5.69 Å². The highest BCUT2D eigenvalue weighted by Crippen LogP contribution is 2.25. The molecule has 7 N–H and O–H groups in total. The highest BCUT2D eigenvalue weighted by Gasteiger charge is 2.26. The smallest absolute Gasteiger partial charge is 0.320 e. The number of H-pyrrole nitrogens is 1. The predicted molar refractivity (Wildman–Crippen MR) is 92.5 cm³/mol. The molecule has 1 aliphatic rings. The maximum Gasteiger partial charge on any atom is 0.320 e. The van der Waals surface area contributed by atoms with E-state index in [-0.39, 0.29) is 24.1 Å². The Morgan fingerprint density at radius 1 is 1.58 bits per heavy atom. The number of aliphatic hydroxyl groups excluding tert-OH is 1. The molecule has 0 spiro atoms. The largest absolute Gasteiger partial charge is 0.480 e. The summed E-state index contributed by atoms with van der Waals surface area (Å²) in [4.78, 5) is 29.0. The molecule has 0 fully saturated rings. The Morgan fingerprint density at radius 2 is 2.38 bits per heavy atom. The predicted octanol–water partition coefficient (Wildman–Crippen LogP) is -1.24. The van der Waals surface area contributed by atoms with Crippen molar-refractivity contribution < 1.29 is 15.0 Å². The lowest BCUT2D eigenvalue weighted by atomic mass is 10.1. The Balaban J connectivity index is 1.74. The first-order valence-electron chi connectivity index (χ1n) is 7.74. The highest BCUT2D eigenvalue weighted by molar-refractivity contribution is 7.99. The first-order valence-corrected chi connectivity index (χ1v) is 8.90. The fraction of sp³-hybridized carbons (Fsp3) is 0.643. The lowest BCUT2D eigenvalue weighted by Crippen LogP contribution is -2.38. The van der Waals surface area contributed by atoms with Crippen LogP contribution in [0.1, 0.15) is 18.0 Å². The van der Waals surface area contributed by atoms with Crippen LogP contribution in [0.15, 0.2) is 11.1 Å². The maximum absolute atomic E-state index is 11.7. The molecule has 2 heterocycles. The summed E-state index contributed by atoms with van der Waals surface area (Å²) < 4.78 is 0. The van der Waals surface area contributed by atoms with Gasteiger partial charge in [-0.05, 0) is 12.2 Å². The van der Waals surface area contributed by atoms with Gasteiger partial charge in [0.05, 0.1) is 18.6 Å². The number of rotatable bonds is 10. The van der Waals surface area contributed by atoms with Crippen LogP contribution >= 0.6 is 11.8 Å². The second-order valence-corrected chi connectivity index (χ2v) is 6.82. The second-order valence-electron chi connectivity index (χ2n) is 5.67. The summed E-state index contributed by atoms with van der Waals surface area (Å²) in [7, 11) is 0. The Labute approximate surface area is 143 Å². The Morgan fingerprint density at radius 3 is 3.08 bits per heavy atom. The van der Waals surface area contributed by atoms with Crippen LogP contribution in [0.5, 0.6) is 0 Å². The number of aliphatic carboxylic acids is 1. The number of nitrogens with two attached hydrogens (primary N) is 1. The van der Waals surface area contributed by atoms with Crippen molar-refractivity contribution in [2.24, 2.45) is 5.73 Å². The summed E-state index contributed by atoms with van der Waals surface area (Å²) in [5.41, 5.74) is 6.52. The SMILES string of the molecule is N[C@@H](CCSCC(CO)NCC1CNc2c1nc[nH]c2=O)C(=O)O. The number of nitrogens with one attached hydrogen (secondary N) is 3. The monoisotopic (exact) mass is 357 g/mol. The summed E-state index contributed by atoms with van der Waals surface area (Å²) in [6.07, 6.45) is 1.79. The van der Waals surface area contributed by atoms with Gasteiger partial charge in [-0.15, -0.1) is 0 Å². The fourth-order valence-electron chi connectivity index (χ4n) is 2.43. The van der Waals surface area contributed by atoms with Crippen LogP contribution in [0, 0.1) is 0 Å². The quantitative estimate of drug-likeness (QED) is 0.282. The van der Waals surface area contributed by atoms with Crippen molar-refractivity contribution in [2.75, 3.05) is 36.5 Å². The lowest BCUT2D eigenvalue weighted by molar-refractivity contribution is -0.138. The van der Waals surface area contributed by atoms with Crippen molar-refractivity contribution in [2.45, 2.75) is 24.4 Å². The number of hydrogen-bond donors (Lipinski definition) is 6. The van der Waals surface area contributed by atoms with Gasteiger partial charge in [-0.3, -0.25) is 9.59 Å². The van der Waals surface area contributed by atoms with Gasteiger partial charge in [-0.1, -0.05) is 0 Å². The van der Waals surface area contributed by atoms with Crippen LogP contribution in [0.3, 0.4) is 0 Å². The minimum absolute atomic E-state index is 0.0200. The third kappa shape index (κ3) is 4.94. The van der Waals surface area contributed by atoms with E-state index in [1.165, 1.54) is 6.33 Å². The van der Waals surface area contributed by atoms with Crippen molar-refractivity contribution in [3.05, 3.63) is 22.4 Å². The van der Waals surface area contributed by atoms with Crippen LogP contribution in [0.2, 0.25) is 0 Å². The number of hydrogen-bond acceptors (Lipinski definition) is 8. The zero-order valence-electron chi connectivity index (χ0n) is 13.2. The van der Waals surface area contributed by atoms with Gasteiger partial charge in [0.25, 0.3) is 5.56 Å². The first kappa shape index (κ1) is 18.7. The molecule has 1 aromatic rings. The Hall–Kier alpha value is -1.62. The molecule has 2 unspecified atom stereocenters. The topological polar surface area (TPSA) is 153 Å². The van der Waals surface area contributed by atoms with E-state index < -0.39 is 12.0 Å². The molecule has 3 atom stereocenters. The minimum atomic E-state index is -0.998. The van der Waals surface area contributed by atoms with Gasteiger partial charge in [0, 0.05) is 30.8 Å². The zero-order valence-corrected chi connectivity index (χ0v) is 14.0. The fourth-order valence-corrected chi connectivity index (χ4v) is 3.52. The first-order chi connectivity index (χ1) is 11.5.